The number of aromatic nitrogens is 1. The summed E-state index contributed by atoms with van der Waals surface area (Å²) >= 11 is 0. The second kappa shape index (κ2) is 10.6. The first-order valence-corrected chi connectivity index (χ1v) is 11.0. The lowest BCUT2D eigenvalue weighted by Gasteiger charge is -2.29. The summed E-state index contributed by atoms with van der Waals surface area (Å²) in [6, 6.07) is 17.0. The normalized spacial score (nSPS) is 14.4. The number of hydrogen-bond acceptors (Lipinski definition) is 4. The number of hydrogen-bond donors (Lipinski definition) is 2. The zero-order valence-corrected chi connectivity index (χ0v) is 19.3. The molecule has 1 amide bonds. The summed E-state index contributed by atoms with van der Waals surface area (Å²) in [5, 5.41) is 3.07. The van der Waals surface area contributed by atoms with Crippen LogP contribution in [0.2, 0.25) is 0 Å². The summed E-state index contributed by atoms with van der Waals surface area (Å²) in [5.41, 5.74) is 3.03. The lowest BCUT2D eigenvalue weighted by Crippen LogP contribution is -2.46. The Balaban J connectivity index is 0.00000306. The van der Waals surface area contributed by atoms with Crippen molar-refractivity contribution in [1.82, 2.24) is 16.5 Å². The van der Waals surface area contributed by atoms with Gasteiger partial charge in [-0.05, 0) is 67.6 Å². The average molecular weight is 452 g/mol. The fourth-order valence-corrected chi connectivity index (χ4v) is 4.14. The number of likely N-dealkylation sites (N-methyl/N-ethyl adjacent to an activating group) is 1. The van der Waals surface area contributed by atoms with Gasteiger partial charge in [-0.25, -0.2) is 4.39 Å². The molecule has 1 saturated heterocycles. The molecule has 0 saturated carbocycles. The molecule has 1 aliphatic rings. The van der Waals surface area contributed by atoms with Crippen LogP contribution >= 0.6 is 0 Å². The van der Waals surface area contributed by atoms with Crippen molar-refractivity contribution in [2.75, 3.05) is 33.2 Å². The number of rotatable bonds is 7. The van der Waals surface area contributed by atoms with Gasteiger partial charge in [-0.3, -0.25) is 9.78 Å². The molecule has 174 valence electrons. The highest BCUT2D eigenvalue weighted by atomic mass is 19.1. The standard InChI is InChI=1S/C26H28FN3O2.H3N/c1-19-17-21(26(31)28-13-16-30(2)14-3-4-15-30)18-25(29-19)20-5-9-23(10-6-20)32-24-11-7-22(27)8-12-24;/h5-12,17-18H,3-4,13-16H2,1-2H3;1H3/p+1. The zero-order chi connectivity index (χ0) is 22.6. The minimum atomic E-state index is -0.301. The van der Waals surface area contributed by atoms with Crippen LogP contribution < -0.4 is 16.2 Å². The summed E-state index contributed by atoms with van der Waals surface area (Å²) in [4.78, 5) is 17.3. The molecule has 0 unspecified atom stereocenters. The quantitative estimate of drug-likeness (QED) is 0.488. The monoisotopic (exact) mass is 451 g/mol. The minimum absolute atomic E-state index is 0. The second-order valence-corrected chi connectivity index (χ2v) is 8.72. The summed E-state index contributed by atoms with van der Waals surface area (Å²) in [6.45, 7) is 5.90. The van der Waals surface area contributed by atoms with Crippen LogP contribution in [0.1, 0.15) is 28.9 Å². The van der Waals surface area contributed by atoms with Gasteiger partial charge >= 0.3 is 0 Å². The number of benzene rings is 2. The third-order valence-corrected chi connectivity index (χ3v) is 6.00. The molecular weight excluding hydrogens is 419 g/mol. The zero-order valence-electron chi connectivity index (χ0n) is 19.3. The van der Waals surface area contributed by atoms with Crippen LogP contribution in [0.5, 0.6) is 11.5 Å². The molecular formula is C26H32FN4O2+. The fourth-order valence-electron chi connectivity index (χ4n) is 4.14. The van der Waals surface area contributed by atoms with E-state index in [4.69, 9.17) is 4.74 Å². The van der Waals surface area contributed by atoms with E-state index < -0.39 is 0 Å². The van der Waals surface area contributed by atoms with Crippen LogP contribution in [0.25, 0.3) is 11.3 Å². The van der Waals surface area contributed by atoms with Gasteiger partial charge in [-0.2, -0.15) is 0 Å². The van der Waals surface area contributed by atoms with Crippen LogP contribution in [-0.4, -0.2) is 48.6 Å². The number of carbonyl (C=O) groups is 1. The van der Waals surface area contributed by atoms with Crippen molar-refractivity contribution in [3.63, 3.8) is 0 Å². The van der Waals surface area contributed by atoms with Gasteiger partial charge in [0.25, 0.3) is 5.91 Å². The fraction of sp³-hybridized carbons (Fsp3) is 0.308. The van der Waals surface area contributed by atoms with Crippen molar-refractivity contribution in [2.45, 2.75) is 19.8 Å². The predicted octanol–water partition coefficient (Wildman–Crippen LogP) is 5.12. The number of nitrogens with zero attached hydrogens (tertiary/aromatic N) is 2. The van der Waals surface area contributed by atoms with Gasteiger partial charge in [0.1, 0.15) is 17.3 Å². The maximum atomic E-state index is 13.1. The third kappa shape index (κ3) is 6.37. The molecule has 3 aromatic rings. The van der Waals surface area contributed by atoms with E-state index in [1.807, 2.05) is 43.3 Å². The highest BCUT2D eigenvalue weighted by Gasteiger charge is 2.26. The molecule has 4 N–H and O–H groups in total. The Labute approximate surface area is 194 Å². The maximum Gasteiger partial charge on any atom is 0.251 e. The molecule has 1 fully saturated rings. The van der Waals surface area contributed by atoms with Crippen LogP contribution in [-0.2, 0) is 0 Å². The van der Waals surface area contributed by atoms with Crippen molar-refractivity contribution in [1.29, 1.82) is 0 Å². The second-order valence-electron chi connectivity index (χ2n) is 8.72. The Morgan fingerprint density at radius 3 is 2.27 bits per heavy atom. The predicted molar refractivity (Wildman–Crippen MR) is 128 cm³/mol. The molecule has 33 heavy (non-hydrogen) atoms. The molecule has 2 heterocycles. The van der Waals surface area contributed by atoms with E-state index in [0.717, 1.165) is 28.0 Å². The van der Waals surface area contributed by atoms with Gasteiger partial charge in [0.05, 0.1) is 38.9 Å². The first kappa shape index (κ1) is 24.4. The molecule has 2 aromatic carbocycles. The van der Waals surface area contributed by atoms with E-state index in [1.54, 1.807) is 12.1 Å². The van der Waals surface area contributed by atoms with Gasteiger partial charge in [0.2, 0.25) is 0 Å². The third-order valence-electron chi connectivity index (χ3n) is 6.00. The summed E-state index contributed by atoms with van der Waals surface area (Å²) < 4.78 is 19.8. The number of quaternary nitrogens is 1. The number of nitrogens with one attached hydrogen (secondary N) is 1. The first-order valence-electron chi connectivity index (χ1n) is 11.0. The number of ether oxygens (including phenoxy) is 1. The maximum absolute atomic E-state index is 13.1. The Bertz CT molecular complexity index is 1080. The molecule has 0 bridgehead atoms. The van der Waals surface area contributed by atoms with Crippen molar-refractivity contribution in [2.24, 2.45) is 0 Å². The summed E-state index contributed by atoms with van der Waals surface area (Å²) in [6.07, 6.45) is 2.54. The van der Waals surface area contributed by atoms with E-state index in [-0.39, 0.29) is 17.9 Å². The molecule has 0 spiro atoms. The SMILES string of the molecule is Cc1cc(C(=O)NCC[N+]2(C)CCCC2)cc(-c2ccc(Oc3ccc(F)cc3)cc2)n1.N. The summed E-state index contributed by atoms with van der Waals surface area (Å²) in [7, 11) is 2.26. The van der Waals surface area contributed by atoms with Gasteiger partial charge in [0, 0.05) is 29.7 Å². The van der Waals surface area contributed by atoms with E-state index >= 15 is 0 Å². The minimum Gasteiger partial charge on any atom is -0.457 e. The van der Waals surface area contributed by atoms with Crippen LogP contribution in [0.3, 0.4) is 0 Å². The number of pyridine rings is 1. The van der Waals surface area contributed by atoms with Crippen molar-refractivity contribution >= 4 is 5.91 Å². The molecule has 6 nitrogen and oxygen atoms in total. The van der Waals surface area contributed by atoms with E-state index in [2.05, 4.69) is 17.3 Å². The van der Waals surface area contributed by atoms with Crippen LogP contribution in [0, 0.1) is 12.7 Å². The first-order chi connectivity index (χ1) is 15.4. The Kier molecular flexibility index (Phi) is 7.79. The van der Waals surface area contributed by atoms with Gasteiger partial charge in [-0.15, -0.1) is 0 Å². The van der Waals surface area contributed by atoms with Crippen molar-refractivity contribution < 1.29 is 18.4 Å². The highest BCUT2D eigenvalue weighted by molar-refractivity contribution is 5.95. The Morgan fingerprint density at radius 2 is 1.64 bits per heavy atom. The molecule has 1 aliphatic heterocycles. The lowest BCUT2D eigenvalue weighted by atomic mass is 10.1. The van der Waals surface area contributed by atoms with Crippen LogP contribution in [0.4, 0.5) is 4.39 Å². The largest absolute Gasteiger partial charge is 0.457 e. The molecule has 0 aliphatic carbocycles. The van der Waals surface area contributed by atoms with E-state index in [1.165, 1.54) is 38.1 Å². The smallest absolute Gasteiger partial charge is 0.251 e. The Morgan fingerprint density at radius 1 is 1.03 bits per heavy atom. The van der Waals surface area contributed by atoms with Gasteiger partial charge in [0.15, 0.2) is 0 Å². The lowest BCUT2D eigenvalue weighted by molar-refractivity contribution is -0.896. The number of aryl methyl sites for hydroxylation is 1. The van der Waals surface area contributed by atoms with E-state index in [9.17, 15) is 9.18 Å². The molecule has 0 atom stereocenters. The Hall–Kier alpha value is -3.29. The van der Waals surface area contributed by atoms with Gasteiger partial charge in [-0.1, -0.05) is 0 Å². The van der Waals surface area contributed by atoms with Crippen molar-refractivity contribution in [3.05, 3.63) is 77.7 Å². The molecule has 7 heteroatoms. The number of likely N-dealkylation sites (tertiary alicyclic amines) is 1. The number of carbonyl (C=O) groups excluding carboxylic acids is 1. The topological polar surface area (TPSA) is 86.2 Å². The van der Waals surface area contributed by atoms with Crippen LogP contribution in [0.15, 0.2) is 60.7 Å². The molecule has 0 radical (unpaired) electrons. The molecule has 4 rings (SSSR count). The van der Waals surface area contributed by atoms with E-state index in [0.29, 0.717) is 23.6 Å². The van der Waals surface area contributed by atoms with Crippen molar-refractivity contribution in [3.8, 4) is 22.8 Å². The highest BCUT2D eigenvalue weighted by Crippen LogP contribution is 2.26. The van der Waals surface area contributed by atoms with Gasteiger partial charge < -0.3 is 20.7 Å². The number of halogens is 1. The number of amides is 1. The molecule has 1 aromatic heterocycles. The summed E-state index contributed by atoms with van der Waals surface area (Å²) in [5.74, 6) is 0.838. The average Bonchev–Trinajstić information content (AvgIpc) is 3.22.